The van der Waals surface area contributed by atoms with Crippen LogP contribution in [0.4, 0.5) is 13.2 Å². The minimum absolute atomic E-state index is 0.149. The van der Waals surface area contributed by atoms with Gasteiger partial charge in [0.25, 0.3) is 0 Å². The van der Waals surface area contributed by atoms with Gasteiger partial charge in [0.2, 0.25) is 17.7 Å². The van der Waals surface area contributed by atoms with E-state index in [9.17, 15) is 27.6 Å². The van der Waals surface area contributed by atoms with Gasteiger partial charge >= 0.3 is 6.18 Å². The number of carbonyl (C=O) groups is 3. The summed E-state index contributed by atoms with van der Waals surface area (Å²) in [4.78, 5) is 42.2. The number of fused-ring (bicyclic) bond motifs is 3. The fourth-order valence-electron chi connectivity index (χ4n) is 4.96. The Morgan fingerprint density at radius 3 is 2.51 bits per heavy atom. The van der Waals surface area contributed by atoms with Crippen LogP contribution >= 0.6 is 0 Å². The first-order chi connectivity index (χ1) is 17.4. The number of amides is 3. The van der Waals surface area contributed by atoms with Gasteiger partial charge < -0.3 is 21.4 Å². The van der Waals surface area contributed by atoms with Gasteiger partial charge in [-0.05, 0) is 42.0 Å². The van der Waals surface area contributed by atoms with Crippen LogP contribution in [-0.4, -0.2) is 34.3 Å². The smallest absolute Gasteiger partial charge is 0.368 e. The largest absolute Gasteiger partial charge is 0.416 e. The molecule has 0 saturated carbocycles. The molecule has 3 aromatic rings. The van der Waals surface area contributed by atoms with Crippen LogP contribution in [0.2, 0.25) is 0 Å². The molecule has 1 aromatic heterocycles. The Balaban J connectivity index is 1.66. The summed E-state index contributed by atoms with van der Waals surface area (Å²) in [6.45, 7) is 3.49. The quantitative estimate of drug-likeness (QED) is 0.387. The van der Waals surface area contributed by atoms with E-state index in [-0.39, 0.29) is 30.7 Å². The zero-order chi connectivity index (χ0) is 27.0. The first-order valence-corrected chi connectivity index (χ1v) is 12.1. The van der Waals surface area contributed by atoms with Crippen LogP contribution in [-0.2, 0) is 39.8 Å². The van der Waals surface area contributed by atoms with Crippen molar-refractivity contribution in [2.24, 2.45) is 11.7 Å². The second-order valence-corrected chi connectivity index (χ2v) is 9.91. The number of carbonyl (C=O) groups excluding carboxylic acids is 3. The van der Waals surface area contributed by atoms with E-state index in [0.29, 0.717) is 6.42 Å². The molecule has 1 aliphatic rings. The number of alkyl halides is 3. The molecule has 0 aliphatic heterocycles. The average molecular weight is 515 g/mol. The van der Waals surface area contributed by atoms with Crippen LogP contribution in [0.5, 0.6) is 0 Å². The number of nitrogens with two attached hydrogens (primary N) is 1. The highest BCUT2D eigenvalue weighted by Gasteiger charge is 2.45. The van der Waals surface area contributed by atoms with E-state index in [1.54, 1.807) is 13.8 Å². The van der Waals surface area contributed by atoms with E-state index in [4.69, 9.17) is 5.73 Å². The number of nitrogens with one attached hydrogen (secondary N) is 3. The van der Waals surface area contributed by atoms with Crippen LogP contribution in [0.25, 0.3) is 10.9 Å². The summed E-state index contributed by atoms with van der Waals surface area (Å²) >= 11 is 0. The lowest BCUT2D eigenvalue weighted by molar-refractivity contribution is -0.138. The zero-order valence-electron chi connectivity index (χ0n) is 20.5. The monoisotopic (exact) mass is 514 g/mol. The molecule has 37 heavy (non-hydrogen) atoms. The first-order valence-electron chi connectivity index (χ1n) is 12.1. The van der Waals surface area contributed by atoms with Gasteiger partial charge in [0.05, 0.1) is 12.0 Å². The molecule has 0 unspecified atom stereocenters. The number of halogens is 3. The van der Waals surface area contributed by atoms with Crippen molar-refractivity contribution in [1.29, 1.82) is 0 Å². The van der Waals surface area contributed by atoms with Gasteiger partial charge in [-0.25, -0.2) is 0 Å². The lowest BCUT2D eigenvalue weighted by atomic mass is 9.78. The molecule has 2 aromatic carbocycles. The number of primary amides is 1. The van der Waals surface area contributed by atoms with Crippen molar-refractivity contribution in [3.63, 3.8) is 0 Å². The Kier molecular flexibility index (Phi) is 7.03. The summed E-state index contributed by atoms with van der Waals surface area (Å²) in [5.41, 5.74) is 6.13. The van der Waals surface area contributed by atoms with Crippen molar-refractivity contribution in [3.8, 4) is 0 Å². The molecule has 5 N–H and O–H groups in total. The van der Waals surface area contributed by atoms with E-state index < -0.39 is 41.0 Å². The molecule has 1 heterocycles. The lowest BCUT2D eigenvalue weighted by Gasteiger charge is -2.38. The summed E-state index contributed by atoms with van der Waals surface area (Å²) in [7, 11) is 0. The second-order valence-electron chi connectivity index (χ2n) is 9.91. The fraction of sp³-hybridized carbons (Fsp3) is 0.370. The normalized spacial score (nSPS) is 18.3. The van der Waals surface area contributed by atoms with Crippen LogP contribution in [0.1, 0.15) is 42.7 Å². The van der Waals surface area contributed by atoms with E-state index in [0.717, 1.165) is 34.3 Å². The third-order valence-corrected chi connectivity index (χ3v) is 6.87. The maximum Gasteiger partial charge on any atom is 0.416 e. The van der Waals surface area contributed by atoms with Crippen molar-refractivity contribution in [1.82, 2.24) is 15.6 Å². The molecule has 3 amide bonds. The van der Waals surface area contributed by atoms with Gasteiger partial charge in [-0.3, -0.25) is 14.4 Å². The summed E-state index contributed by atoms with van der Waals surface area (Å²) in [6, 6.07) is 11.2. The molecule has 4 rings (SSSR count). The van der Waals surface area contributed by atoms with Gasteiger partial charge in [-0.2, -0.15) is 13.2 Å². The van der Waals surface area contributed by atoms with E-state index >= 15 is 0 Å². The van der Waals surface area contributed by atoms with Crippen molar-refractivity contribution < 1.29 is 27.6 Å². The summed E-state index contributed by atoms with van der Waals surface area (Å²) in [5, 5.41) is 6.44. The molecule has 10 heteroatoms. The minimum Gasteiger partial charge on any atom is -0.368 e. The first kappa shape index (κ1) is 26.2. The molecule has 0 radical (unpaired) electrons. The van der Waals surface area contributed by atoms with Crippen LogP contribution in [0, 0.1) is 5.92 Å². The van der Waals surface area contributed by atoms with Gasteiger partial charge in [0.15, 0.2) is 0 Å². The summed E-state index contributed by atoms with van der Waals surface area (Å²) in [6.07, 6.45) is -4.05. The highest BCUT2D eigenvalue weighted by molar-refractivity contribution is 5.97. The van der Waals surface area contributed by atoms with Gasteiger partial charge in [-0.1, -0.05) is 50.2 Å². The number of aryl methyl sites for hydroxylation is 1. The Hall–Kier alpha value is -3.82. The fourth-order valence-corrected chi connectivity index (χ4v) is 4.96. The highest BCUT2D eigenvalue weighted by atomic mass is 19.4. The number of benzene rings is 2. The SMILES string of the molecule is CC(C)[C@H](NC(=O)[C@]1(NC(=O)Cc2cccc(C(F)(F)F)c2)CCc2[nH]c3ccccc3c2C1)C(N)=O. The molecule has 2 atom stereocenters. The maximum atomic E-state index is 13.7. The second kappa shape index (κ2) is 9.91. The predicted molar refractivity (Wildman–Crippen MR) is 132 cm³/mol. The number of para-hydroxylation sites is 1. The van der Waals surface area contributed by atoms with Crippen molar-refractivity contribution in [3.05, 3.63) is 70.9 Å². The number of aromatic nitrogens is 1. The Bertz CT molecular complexity index is 1350. The topological polar surface area (TPSA) is 117 Å². The van der Waals surface area contributed by atoms with Crippen LogP contribution in [0.3, 0.4) is 0 Å². The third kappa shape index (κ3) is 5.47. The van der Waals surface area contributed by atoms with Crippen molar-refractivity contribution in [2.75, 3.05) is 0 Å². The number of hydrogen-bond acceptors (Lipinski definition) is 3. The molecular formula is C27H29F3N4O3. The van der Waals surface area contributed by atoms with Gasteiger partial charge in [0.1, 0.15) is 11.6 Å². The Labute approximate surface area is 212 Å². The molecule has 7 nitrogen and oxygen atoms in total. The van der Waals surface area contributed by atoms with Crippen molar-refractivity contribution >= 4 is 28.6 Å². The molecule has 0 saturated heterocycles. The number of hydrogen-bond donors (Lipinski definition) is 4. The molecule has 0 fully saturated rings. The Morgan fingerprint density at radius 1 is 1.11 bits per heavy atom. The minimum atomic E-state index is -4.54. The third-order valence-electron chi connectivity index (χ3n) is 6.87. The Morgan fingerprint density at radius 2 is 1.84 bits per heavy atom. The van der Waals surface area contributed by atoms with Crippen LogP contribution in [0.15, 0.2) is 48.5 Å². The van der Waals surface area contributed by atoms with E-state index in [1.165, 1.54) is 12.1 Å². The zero-order valence-corrected chi connectivity index (χ0v) is 20.5. The maximum absolute atomic E-state index is 13.7. The molecular weight excluding hydrogens is 485 g/mol. The molecule has 196 valence electrons. The molecule has 1 aliphatic carbocycles. The highest BCUT2D eigenvalue weighted by Crippen LogP contribution is 2.35. The van der Waals surface area contributed by atoms with Crippen LogP contribution < -0.4 is 16.4 Å². The number of H-pyrrole nitrogens is 1. The van der Waals surface area contributed by atoms with E-state index in [2.05, 4.69) is 15.6 Å². The molecule has 0 bridgehead atoms. The van der Waals surface area contributed by atoms with Gasteiger partial charge in [0, 0.05) is 23.0 Å². The summed E-state index contributed by atoms with van der Waals surface area (Å²) in [5.74, 6) is -2.14. The average Bonchev–Trinajstić information content (AvgIpc) is 3.19. The number of rotatable bonds is 7. The van der Waals surface area contributed by atoms with Gasteiger partial charge in [-0.15, -0.1) is 0 Å². The summed E-state index contributed by atoms with van der Waals surface area (Å²) < 4.78 is 39.4. The standard InChI is InChI=1S/C27H29F3N4O3/c1-15(2)23(24(31)36)33-25(37)26(11-10-21-19(14-26)18-8-3-4-9-20(18)32-21)34-22(35)13-16-6-5-7-17(12-16)27(28,29)30/h3-9,12,15,23,32H,10-11,13-14H2,1-2H3,(H2,31,36)(H,33,37)(H,34,35)/t23-,26-/m0/s1. The van der Waals surface area contributed by atoms with E-state index in [1.807, 2.05) is 24.3 Å². The molecule has 0 spiro atoms. The van der Waals surface area contributed by atoms with Crippen molar-refractivity contribution in [2.45, 2.75) is 57.3 Å². The predicted octanol–water partition coefficient (Wildman–Crippen LogP) is 3.40. The lowest BCUT2D eigenvalue weighted by Crippen LogP contribution is -2.64. The number of aromatic amines is 1.